The van der Waals surface area contributed by atoms with Crippen LogP contribution >= 0.6 is 0 Å². The van der Waals surface area contributed by atoms with E-state index >= 15 is 0 Å². The van der Waals surface area contributed by atoms with Crippen LogP contribution in [-0.2, 0) is 14.6 Å². The molecule has 22 heavy (non-hydrogen) atoms. The highest BCUT2D eigenvalue weighted by atomic mass is 32.2. The Morgan fingerprint density at radius 1 is 1.23 bits per heavy atom. The van der Waals surface area contributed by atoms with E-state index in [1.165, 1.54) is 5.56 Å². The molecule has 5 nitrogen and oxygen atoms in total. The van der Waals surface area contributed by atoms with Gasteiger partial charge in [-0.1, -0.05) is 26.0 Å². The molecule has 0 bridgehead atoms. The molecule has 2 rings (SSSR count). The van der Waals surface area contributed by atoms with E-state index in [4.69, 9.17) is 4.74 Å². The molecule has 0 aromatic heterocycles. The molecule has 1 amide bonds. The zero-order valence-corrected chi connectivity index (χ0v) is 14.0. The van der Waals surface area contributed by atoms with E-state index < -0.39 is 15.9 Å². The first kappa shape index (κ1) is 16.8. The smallest absolute Gasteiger partial charge is 0.261 e. The number of nitrogens with one attached hydrogen (secondary N) is 1. The second-order valence-electron chi connectivity index (χ2n) is 6.09. The Kier molecular flexibility index (Phi) is 5.11. The summed E-state index contributed by atoms with van der Waals surface area (Å²) in [6, 6.07) is 7.35. The summed E-state index contributed by atoms with van der Waals surface area (Å²) in [5.41, 5.74) is 1.21. The largest absolute Gasteiger partial charge is 0.481 e. The topological polar surface area (TPSA) is 72.5 Å². The van der Waals surface area contributed by atoms with E-state index in [0.29, 0.717) is 18.1 Å². The normalized spacial score (nSPS) is 21.5. The minimum absolute atomic E-state index is 0.0224. The van der Waals surface area contributed by atoms with Crippen LogP contribution in [0.15, 0.2) is 24.3 Å². The number of carbonyl (C=O) groups is 1. The molecule has 1 heterocycles. The van der Waals surface area contributed by atoms with Gasteiger partial charge >= 0.3 is 0 Å². The van der Waals surface area contributed by atoms with Crippen LogP contribution in [0.4, 0.5) is 0 Å². The Labute approximate surface area is 132 Å². The summed E-state index contributed by atoms with van der Waals surface area (Å²) < 4.78 is 28.4. The predicted molar refractivity (Wildman–Crippen MR) is 85.8 cm³/mol. The Balaban J connectivity index is 1.88. The van der Waals surface area contributed by atoms with Crippen molar-refractivity contribution in [3.8, 4) is 5.75 Å². The van der Waals surface area contributed by atoms with E-state index in [9.17, 15) is 13.2 Å². The van der Waals surface area contributed by atoms with Gasteiger partial charge in [-0.2, -0.15) is 0 Å². The zero-order valence-electron chi connectivity index (χ0n) is 13.2. The number of hydrogen-bond donors (Lipinski definition) is 1. The molecule has 2 atom stereocenters. The lowest BCUT2D eigenvalue weighted by Crippen LogP contribution is -2.43. The minimum Gasteiger partial charge on any atom is -0.481 e. The third kappa shape index (κ3) is 4.47. The van der Waals surface area contributed by atoms with Gasteiger partial charge in [0.1, 0.15) is 5.75 Å². The SMILES string of the molecule is CC(C)c1ccc(O[C@@H](C)C(=O)N[C@@H]2CCS(=O)(=O)C2)cc1. The van der Waals surface area contributed by atoms with E-state index in [-0.39, 0.29) is 23.5 Å². The maximum absolute atomic E-state index is 12.1. The number of sulfone groups is 1. The predicted octanol–water partition coefficient (Wildman–Crippen LogP) is 1.88. The third-order valence-corrected chi connectivity index (χ3v) is 5.58. The number of amides is 1. The van der Waals surface area contributed by atoms with Gasteiger partial charge in [0, 0.05) is 6.04 Å². The van der Waals surface area contributed by atoms with Crippen LogP contribution in [0.25, 0.3) is 0 Å². The highest BCUT2D eigenvalue weighted by Crippen LogP contribution is 2.19. The van der Waals surface area contributed by atoms with Crippen molar-refractivity contribution in [3.63, 3.8) is 0 Å². The Morgan fingerprint density at radius 3 is 2.36 bits per heavy atom. The summed E-state index contributed by atoms with van der Waals surface area (Å²) in [6.07, 6.45) is -0.183. The van der Waals surface area contributed by atoms with Gasteiger partial charge < -0.3 is 10.1 Å². The highest BCUT2D eigenvalue weighted by Gasteiger charge is 2.30. The second kappa shape index (κ2) is 6.69. The molecule has 1 fully saturated rings. The third-order valence-electron chi connectivity index (χ3n) is 3.81. The van der Waals surface area contributed by atoms with Crippen LogP contribution < -0.4 is 10.1 Å². The molecule has 1 N–H and O–H groups in total. The minimum atomic E-state index is -2.99. The van der Waals surface area contributed by atoms with E-state index in [0.717, 1.165) is 0 Å². The van der Waals surface area contributed by atoms with Crippen LogP contribution in [0.2, 0.25) is 0 Å². The summed E-state index contributed by atoms with van der Waals surface area (Å²) >= 11 is 0. The highest BCUT2D eigenvalue weighted by molar-refractivity contribution is 7.91. The van der Waals surface area contributed by atoms with Crippen molar-refractivity contribution in [2.75, 3.05) is 11.5 Å². The standard InChI is InChI=1S/C16H23NO4S/c1-11(2)13-4-6-15(7-5-13)21-12(3)16(18)17-14-8-9-22(19,20)10-14/h4-7,11-12,14H,8-10H2,1-3H3,(H,17,18)/t12-,14+/m0/s1. The molecule has 0 radical (unpaired) electrons. The van der Waals surface area contributed by atoms with Crippen molar-refractivity contribution in [2.45, 2.75) is 45.3 Å². The van der Waals surface area contributed by atoms with Crippen LogP contribution in [-0.4, -0.2) is 38.0 Å². The molecule has 122 valence electrons. The quantitative estimate of drug-likeness (QED) is 0.897. The van der Waals surface area contributed by atoms with Crippen LogP contribution in [0, 0.1) is 0 Å². The average Bonchev–Trinajstić information content (AvgIpc) is 2.78. The first-order valence-electron chi connectivity index (χ1n) is 7.54. The van der Waals surface area contributed by atoms with Gasteiger partial charge in [-0.25, -0.2) is 8.42 Å². The Bertz CT molecular complexity index is 622. The summed E-state index contributed by atoms with van der Waals surface area (Å²) in [5, 5.41) is 2.74. The molecule has 0 spiro atoms. The monoisotopic (exact) mass is 325 g/mol. The zero-order chi connectivity index (χ0) is 16.3. The molecule has 0 aliphatic carbocycles. The first-order chi connectivity index (χ1) is 10.3. The second-order valence-corrected chi connectivity index (χ2v) is 8.32. The molecule has 6 heteroatoms. The number of ether oxygens (including phenoxy) is 1. The van der Waals surface area contributed by atoms with Gasteiger partial charge in [-0.05, 0) is 37.0 Å². The molecule has 0 saturated carbocycles. The van der Waals surface area contributed by atoms with E-state index in [1.54, 1.807) is 6.92 Å². The van der Waals surface area contributed by atoms with Crippen molar-refractivity contribution in [1.82, 2.24) is 5.32 Å². The molecular weight excluding hydrogens is 302 g/mol. The van der Waals surface area contributed by atoms with Crippen molar-refractivity contribution in [3.05, 3.63) is 29.8 Å². The van der Waals surface area contributed by atoms with Gasteiger partial charge in [0.2, 0.25) is 0 Å². The number of hydrogen-bond acceptors (Lipinski definition) is 4. The molecule has 1 aromatic rings. The number of rotatable bonds is 5. The van der Waals surface area contributed by atoms with Crippen LogP contribution in [0.5, 0.6) is 5.75 Å². The van der Waals surface area contributed by atoms with Crippen molar-refractivity contribution >= 4 is 15.7 Å². The lowest BCUT2D eigenvalue weighted by molar-refractivity contribution is -0.127. The lowest BCUT2D eigenvalue weighted by atomic mass is 10.0. The summed E-state index contributed by atoms with van der Waals surface area (Å²) in [4.78, 5) is 12.1. The first-order valence-corrected chi connectivity index (χ1v) is 9.36. The van der Waals surface area contributed by atoms with Crippen LogP contribution in [0.3, 0.4) is 0 Å². The maximum atomic E-state index is 12.1. The Hall–Kier alpha value is -1.56. The van der Waals surface area contributed by atoms with Gasteiger partial charge in [-0.15, -0.1) is 0 Å². The summed E-state index contributed by atoms with van der Waals surface area (Å²) in [7, 11) is -2.99. The van der Waals surface area contributed by atoms with Crippen molar-refractivity contribution in [1.29, 1.82) is 0 Å². The number of carbonyl (C=O) groups excluding carboxylic acids is 1. The van der Waals surface area contributed by atoms with Crippen molar-refractivity contribution < 1.29 is 17.9 Å². The van der Waals surface area contributed by atoms with Crippen molar-refractivity contribution in [2.24, 2.45) is 0 Å². The molecule has 0 unspecified atom stereocenters. The van der Waals surface area contributed by atoms with Crippen LogP contribution in [0.1, 0.15) is 38.7 Å². The molecular formula is C16H23NO4S. The summed E-state index contributed by atoms with van der Waals surface area (Å²) in [5.74, 6) is 0.957. The van der Waals surface area contributed by atoms with Gasteiger partial charge in [-0.3, -0.25) is 4.79 Å². The van der Waals surface area contributed by atoms with Gasteiger partial charge in [0.05, 0.1) is 11.5 Å². The lowest BCUT2D eigenvalue weighted by Gasteiger charge is -2.18. The van der Waals surface area contributed by atoms with E-state index in [1.807, 2.05) is 24.3 Å². The van der Waals surface area contributed by atoms with Gasteiger partial charge in [0.25, 0.3) is 5.91 Å². The van der Waals surface area contributed by atoms with Gasteiger partial charge in [0.15, 0.2) is 15.9 Å². The molecule has 1 aliphatic rings. The molecule has 1 aliphatic heterocycles. The molecule has 1 saturated heterocycles. The maximum Gasteiger partial charge on any atom is 0.261 e. The fourth-order valence-corrected chi connectivity index (χ4v) is 4.09. The fourth-order valence-electron chi connectivity index (χ4n) is 2.42. The Morgan fingerprint density at radius 2 is 1.86 bits per heavy atom. The average molecular weight is 325 g/mol. The summed E-state index contributed by atoms with van der Waals surface area (Å²) in [6.45, 7) is 5.89. The number of benzene rings is 1. The van der Waals surface area contributed by atoms with E-state index in [2.05, 4.69) is 19.2 Å². The fraction of sp³-hybridized carbons (Fsp3) is 0.562. The molecule has 1 aromatic carbocycles.